The third kappa shape index (κ3) is 3.02. The summed E-state index contributed by atoms with van der Waals surface area (Å²) < 4.78 is 0. The second kappa shape index (κ2) is 5.70. The third-order valence-corrected chi connectivity index (χ3v) is 5.04. The van der Waals surface area contributed by atoms with Crippen LogP contribution in [0.15, 0.2) is 0 Å². The highest BCUT2D eigenvalue weighted by molar-refractivity contribution is 9.09. The molecule has 2 aliphatic heterocycles. The molecular weight excluding hydrogens is 280 g/mol. The Morgan fingerprint density at radius 2 is 2.18 bits per heavy atom. The van der Waals surface area contributed by atoms with Crippen molar-refractivity contribution in [2.24, 2.45) is 11.8 Å². The van der Waals surface area contributed by atoms with Gasteiger partial charge in [0.25, 0.3) is 0 Å². The molecule has 4 heteroatoms. The largest absolute Gasteiger partial charge is 0.337 e. The number of carbonyl (C=O) groups excluding carboxylic acids is 1. The molecule has 0 aromatic rings. The van der Waals surface area contributed by atoms with Gasteiger partial charge in [-0.15, -0.1) is 0 Å². The predicted octanol–water partition coefficient (Wildman–Crippen LogP) is 1.96. The minimum atomic E-state index is 0.371. The Hall–Kier alpha value is -0.0900. The highest BCUT2D eigenvalue weighted by atomic mass is 79.9. The van der Waals surface area contributed by atoms with Crippen molar-refractivity contribution in [2.75, 3.05) is 31.5 Å². The van der Waals surface area contributed by atoms with E-state index < -0.39 is 0 Å². The standard InChI is InChI=1S/C13H23BrN2O/c1-10(2)11(7-14)8-15-5-6-16-12(9-15)3-4-13(16)17/h10-12H,3-9H2,1-2H3. The summed E-state index contributed by atoms with van der Waals surface area (Å²) in [5, 5.41) is 1.08. The fourth-order valence-corrected chi connectivity index (χ4v) is 3.82. The van der Waals surface area contributed by atoms with Crippen molar-refractivity contribution >= 4 is 21.8 Å². The summed E-state index contributed by atoms with van der Waals surface area (Å²) in [5.41, 5.74) is 0. The molecule has 2 aliphatic rings. The van der Waals surface area contributed by atoms with Gasteiger partial charge in [0.1, 0.15) is 0 Å². The molecule has 2 rings (SSSR count). The Bertz CT molecular complexity index is 283. The molecule has 0 bridgehead atoms. The molecule has 0 spiro atoms. The highest BCUT2D eigenvalue weighted by Gasteiger charge is 2.35. The SMILES string of the molecule is CC(C)C(CBr)CN1CCN2C(=O)CCC2C1. The molecule has 0 aromatic carbocycles. The number of alkyl halides is 1. The molecule has 2 unspecified atom stereocenters. The van der Waals surface area contributed by atoms with Crippen LogP contribution in [0.5, 0.6) is 0 Å². The van der Waals surface area contributed by atoms with Gasteiger partial charge in [0.2, 0.25) is 5.91 Å². The molecule has 17 heavy (non-hydrogen) atoms. The number of fused-ring (bicyclic) bond motifs is 1. The molecule has 98 valence electrons. The number of piperazine rings is 1. The van der Waals surface area contributed by atoms with Gasteiger partial charge < -0.3 is 4.90 Å². The van der Waals surface area contributed by atoms with Crippen LogP contribution in [0.2, 0.25) is 0 Å². The van der Waals surface area contributed by atoms with Crippen LogP contribution in [0.1, 0.15) is 26.7 Å². The van der Waals surface area contributed by atoms with E-state index in [1.54, 1.807) is 0 Å². The predicted molar refractivity (Wildman–Crippen MR) is 73.3 cm³/mol. The highest BCUT2D eigenvalue weighted by Crippen LogP contribution is 2.24. The van der Waals surface area contributed by atoms with Crippen molar-refractivity contribution in [3.8, 4) is 0 Å². The second-order valence-corrected chi connectivity index (χ2v) is 6.35. The van der Waals surface area contributed by atoms with Crippen LogP contribution in [0.25, 0.3) is 0 Å². The van der Waals surface area contributed by atoms with Gasteiger partial charge in [-0.1, -0.05) is 29.8 Å². The second-order valence-electron chi connectivity index (χ2n) is 5.70. The normalized spacial score (nSPS) is 27.6. The molecule has 2 fully saturated rings. The fourth-order valence-electron chi connectivity index (χ4n) is 2.86. The van der Waals surface area contributed by atoms with Crippen LogP contribution in [0.4, 0.5) is 0 Å². The van der Waals surface area contributed by atoms with E-state index in [1.807, 2.05) is 0 Å². The maximum Gasteiger partial charge on any atom is 0.222 e. The van der Waals surface area contributed by atoms with Gasteiger partial charge in [0.15, 0.2) is 0 Å². The van der Waals surface area contributed by atoms with E-state index >= 15 is 0 Å². The van der Waals surface area contributed by atoms with Crippen LogP contribution in [-0.4, -0.2) is 53.3 Å². The zero-order chi connectivity index (χ0) is 12.4. The number of nitrogens with zero attached hydrogens (tertiary/aromatic N) is 2. The van der Waals surface area contributed by atoms with Crippen LogP contribution >= 0.6 is 15.9 Å². The van der Waals surface area contributed by atoms with E-state index in [2.05, 4.69) is 39.6 Å². The summed E-state index contributed by atoms with van der Waals surface area (Å²) >= 11 is 3.62. The van der Waals surface area contributed by atoms with Crippen molar-refractivity contribution < 1.29 is 4.79 Å². The average Bonchev–Trinajstić information content (AvgIpc) is 2.67. The lowest BCUT2D eigenvalue weighted by Crippen LogP contribution is -2.52. The lowest BCUT2D eigenvalue weighted by Gasteiger charge is -2.39. The summed E-state index contributed by atoms with van der Waals surface area (Å²) in [4.78, 5) is 16.2. The molecule has 3 nitrogen and oxygen atoms in total. The Morgan fingerprint density at radius 1 is 1.41 bits per heavy atom. The van der Waals surface area contributed by atoms with Crippen LogP contribution in [-0.2, 0) is 4.79 Å². The first kappa shape index (κ1) is 13.3. The van der Waals surface area contributed by atoms with E-state index in [-0.39, 0.29) is 0 Å². The topological polar surface area (TPSA) is 23.6 Å². The molecule has 0 saturated carbocycles. The summed E-state index contributed by atoms with van der Waals surface area (Å²) in [5.74, 6) is 1.81. The van der Waals surface area contributed by atoms with Crippen LogP contribution < -0.4 is 0 Å². The molecule has 0 N–H and O–H groups in total. The molecule has 0 aromatic heterocycles. The zero-order valence-electron chi connectivity index (χ0n) is 10.9. The molecule has 0 aliphatic carbocycles. The number of amides is 1. The third-order valence-electron chi connectivity index (χ3n) is 4.21. The number of halogens is 1. The van der Waals surface area contributed by atoms with Crippen LogP contribution in [0, 0.1) is 11.8 Å². The van der Waals surface area contributed by atoms with E-state index in [1.165, 1.54) is 6.54 Å². The first-order valence-corrected chi connectivity index (χ1v) is 7.81. The van der Waals surface area contributed by atoms with Crippen molar-refractivity contribution in [2.45, 2.75) is 32.7 Å². The Balaban J connectivity index is 1.86. The van der Waals surface area contributed by atoms with E-state index in [0.717, 1.165) is 49.6 Å². The van der Waals surface area contributed by atoms with Gasteiger partial charge >= 0.3 is 0 Å². The molecule has 0 radical (unpaired) electrons. The molecule has 2 saturated heterocycles. The minimum absolute atomic E-state index is 0.371. The maximum atomic E-state index is 11.6. The number of hydrogen-bond acceptors (Lipinski definition) is 2. The van der Waals surface area contributed by atoms with E-state index in [4.69, 9.17) is 0 Å². The summed E-state index contributed by atoms with van der Waals surface area (Å²) in [6, 6.07) is 0.499. The molecular formula is C13H23BrN2O. The van der Waals surface area contributed by atoms with Crippen molar-refractivity contribution in [3.63, 3.8) is 0 Å². The summed E-state index contributed by atoms with van der Waals surface area (Å²) in [6.07, 6.45) is 1.83. The minimum Gasteiger partial charge on any atom is -0.337 e. The number of carbonyl (C=O) groups is 1. The van der Waals surface area contributed by atoms with Gasteiger partial charge in [-0.25, -0.2) is 0 Å². The Kier molecular flexibility index (Phi) is 4.47. The first-order valence-electron chi connectivity index (χ1n) is 6.69. The van der Waals surface area contributed by atoms with Crippen LogP contribution in [0.3, 0.4) is 0 Å². The molecule has 2 heterocycles. The lowest BCUT2D eigenvalue weighted by molar-refractivity contribution is -0.130. The van der Waals surface area contributed by atoms with Gasteiger partial charge in [0, 0.05) is 44.0 Å². The summed E-state index contributed by atoms with van der Waals surface area (Å²) in [6.45, 7) is 8.83. The average molecular weight is 303 g/mol. The fraction of sp³-hybridized carbons (Fsp3) is 0.923. The smallest absolute Gasteiger partial charge is 0.222 e. The molecule has 2 atom stereocenters. The monoisotopic (exact) mass is 302 g/mol. The summed E-state index contributed by atoms with van der Waals surface area (Å²) in [7, 11) is 0. The molecule has 1 amide bonds. The van der Waals surface area contributed by atoms with Gasteiger partial charge in [0.05, 0.1) is 0 Å². The quantitative estimate of drug-likeness (QED) is 0.741. The Labute approximate surface area is 113 Å². The first-order chi connectivity index (χ1) is 8.11. The van der Waals surface area contributed by atoms with Crippen molar-refractivity contribution in [1.82, 2.24) is 9.80 Å². The van der Waals surface area contributed by atoms with Gasteiger partial charge in [-0.2, -0.15) is 0 Å². The van der Waals surface area contributed by atoms with Crippen molar-refractivity contribution in [3.05, 3.63) is 0 Å². The Morgan fingerprint density at radius 3 is 2.82 bits per heavy atom. The number of hydrogen-bond donors (Lipinski definition) is 0. The number of rotatable bonds is 4. The van der Waals surface area contributed by atoms with Gasteiger partial charge in [-0.05, 0) is 18.3 Å². The van der Waals surface area contributed by atoms with E-state index in [0.29, 0.717) is 11.9 Å². The van der Waals surface area contributed by atoms with Gasteiger partial charge in [-0.3, -0.25) is 9.69 Å². The van der Waals surface area contributed by atoms with E-state index in [9.17, 15) is 4.79 Å². The van der Waals surface area contributed by atoms with Crippen molar-refractivity contribution in [1.29, 1.82) is 0 Å². The zero-order valence-corrected chi connectivity index (χ0v) is 12.4. The maximum absolute atomic E-state index is 11.6. The lowest BCUT2D eigenvalue weighted by atomic mass is 9.97.